The second kappa shape index (κ2) is 10.5. The van der Waals surface area contributed by atoms with Gasteiger partial charge in [-0.1, -0.05) is 66.7 Å². The first-order chi connectivity index (χ1) is 16.2. The van der Waals surface area contributed by atoms with Crippen LogP contribution in [-0.4, -0.2) is 29.9 Å². The van der Waals surface area contributed by atoms with Gasteiger partial charge in [-0.3, -0.25) is 9.48 Å². The van der Waals surface area contributed by atoms with Crippen LogP contribution in [0.1, 0.15) is 16.7 Å². The zero-order chi connectivity index (χ0) is 23.0. The quantitative estimate of drug-likeness (QED) is 0.416. The third kappa shape index (κ3) is 5.60. The van der Waals surface area contributed by atoms with Crippen LogP contribution in [0.4, 0.5) is 0 Å². The highest BCUT2D eigenvalue weighted by atomic mass is 16.5. The van der Waals surface area contributed by atoms with Gasteiger partial charge in [-0.15, -0.1) is 0 Å². The summed E-state index contributed by atoms with van der Waals surface area (Å²) in [4.78, 5) is 12.7. The molecule has 1 heterocycles. The molecular weight excluding hydrogens is 414 g/mol. The van der Waals surface area contributed by atoms with E-state index in [1.54, 1.807) is 20.3 Å². The molecule has 1 N–H and O–H groups in total. The summed E-state index contributed by atoms with van der Waals surface area (Å²) in [5.74, 6) is 1.23. The number of carbonyl (C=O) groups is 1. The second-order valence-electron chi connectivity index (χ2n) is 7.68. The predicted octanol–water partition coefficient (Wildman–Crippen LogP) is 4.47. The number of hydrogen-bond acceptors (Lipinski definition) is 4. The summed E-state index contributed by atoms with van der Waals surface area (Å²) in [5.41, 5.74) is 4.83. The van der Waals surface area contributed by atoms with Crippen LogP contribution >= 0.6 is 0 Å². The van der Waals surface area contributed by atoms with Crippen molar-refractivity contribution >= 4 is 5.91 Å². The molecule has 0 saturated carbocycles. The highest BCUT2D eigenvalue weighted by Crippen LogP contribution is 2.25. The maximum Gasteiger partial charge on any atom is 0.224 e. The van der Waals surface area contributed by atoms with E-state index >= 15 is 0 Å². The summed E-state index contributed by atoms with van der Waals surface area (Å²) in [5, 5.41) is 7.85. The fraction of sp³-hybridized carbons (Fsp3) is 0.185. The molecule has 0 aliphatic rings. The van der Waals surface area contributed by atoms with E-state index in [1.165, 1.54) is 5.56 Å². The molecule has 0 fully saturated rings. The van der Waals surface area contributed by atoms with Gasteiger partial charge in [0.2, 0.25) is 5.91 Å². The van der Waals surface area contributed by atoms with E-state index in [0.29, 0.717) is 24.6 Å². The first-order valence-electron chi connectivity index (χ1n) is 10.8. The molecule has 6 heteroatoms. The normalized spacial score (nSPS) is 10.6. The summed E-state index contributed by atoms with van der Waals surface area (Å²) < 4.78 is 12.6. The second-order valence-corrected chi connectivity index (χ2v) is 7.68. The molecule has 3 aromatic carbocycles. The molecule has 4 aromatic rings. The van der Waals surface area contributed by atoms with Crippen LogP contribution in [0, 0.1) is 0 Å². The number of rotatable bonds is 9. The van der Waals surface area contributed by atoms with Gasteiger partial charge in [0.05, 0.1) is 32.9 Å². The third-order valence-corrected chi connectivity index (χ3v) is 5.39. The Morgan fingerprint density at radius 3 is 2.33 bits per heavy atom. The van der Waals surface area contributed by atoms with E-state index in [-0.39, 0.29) is 12.3 Å². The van der Waals surface area contributed by atoms with Crippen molar-refractivity contribution in [1.82, 2.24) is 15.1 Å². The van der Waals surface area contributed by atoms with E-state index in [2.05, 4.69) is 17.4 Å². The minimum atomic E-state index is -0.0895. The average molecular weight is 442 g/mol. The van der Waals surface area contributed by atoms with Gasteiger partial charge in [0, 0.05) is 35.5 Å². The highest BCUT2D eigenvalue weighted by molar-refractivity contribution is 5.79. The lowest BCUT2D eigenvalue weighted by Gasteiger charge is -2.11. The van der Waals surface area contributed by atoms with Crippen molar-refractivity contribution in [3.05, 3.63) is 102 Å². The molecule has 0 saturated heterocycles. The third-order valence-electron chi connectivity index (χ3n) is 5.39. The Labute approximate surface area is 193 Å². The predicted molar refractivity (Wildman–Crippen MR) is 128 cm³/mol. The Bertz CT molecular complexity index is 1200. The van der Waals surface area contributed by atoms with Crippen molar-refractivity contribution in [2.24, 2.45) is 0 Å². The van der Waals surface area contributed by atoms with Crippen molar-refractivity contribution < 1.29 is 14.3 Å². The first kappa shape index (κ1) is 22.1. The average Bonchev–Trinajstić information content (AvgIpc) is 3.26. The Hall–Kier alpha value is -4.06. The zero-order valence-electron chi connectivity index (χ0n) is 18.8. The maximum atomic E-state index is 12.7. The molecule has 168 valence electrons. The molecule has 4 rings (SSSR count). The molecule has 0 radical (unpaired) electrons. The first-order valence-corrected chi connectivity index (χ1v) is 10.8. The summed E-state index contributed by atoms with van der Waals surface area (Å²) in [6, 6.07) is 25.7. The van der Waals surface area contributed by atoms with Gasteiger partial charge in [-0.25, -0.2) is 0 Å². The van der Waals surface area contributed by atoms with Crippen molar-refractivity contribution in [3.63, 3.8) is 0 Å². The van der Waals surface area contributed by atoms with Crippen molar-refractivity contribution in [1.29, 1.82) is 0 Å². The minimum Gasteiger partial charge on any atom is -0.497 e. The van der Waals surface area contributed by atoms with Crippen LogP contribution in [0.25, 0.3) is 11.3 Å². The maximum absolute atomic E-state index is 12.7. The van der Waals surface area contributed by atoms with Crippen LogP contribution in [0.5, 0.6) is 11.5 Å². The molecule has 6 nitrogen and oxygen atoms in total. The van der Waals surface area contributed by atoms with E-state index in [0.717, 1.165) is 22.4 Å². The molecule has 0 bridgehead atoms. The number of hydrogen-bond donors (Lipinski definition) is 1. The summed E-state index contributed by atoms with van der Waals surface area (Å²) >= 11 is 0. The number of ether oxygens (including phenoxy) is 2. The van der Waals surface area contributed by atoms with Gasteiger partial charge < -0.3 is 14.8 Å². The van der Waals surface area contributed by atoms with E-state index < -0.39 is 0 Å². The number of aromatic nitrogens is 2. The van der Waals surface area contributed by atoms with Crippen LogP contribution in [0.3, 0.4) is 0 Å². The van der Waals surface area contributed by atoms with Crippen LogP contribution in [0.2, 0.25) is 0 Å². The molecule has 1 aromatic heterocycles. The Morgan fingerprint density at radius 1 is 0.909 bits per heavy atom. The Morgan fingerprint density at radius 2 is 1.64 bits per heavy atom. The smallest absolute Gasteiger partial charge is 0.224 e. The topological polar surface area (TPSA) is 65.4 Å². The summed E-state index contributed by atoms with van der Waals surface area (Å²) in [7, 11) is 3.19. The van der Waals surface area contributed by atoms with Crippen LogP contribution in [-0.2, 0) is 24.3 Å². The standard InChI is InChI=1S/C27H27N3O3/c1-32-24-14-13-22(25(16-24)33-2)15-26(31)28-17-23-19-30(18-20-9-5-3-6-10-20)29-27(23)21-11-7-4-8-12-21/h3-14,16,19H,15,17-18H2,1-2H3,(H,28,31). The highest BCUT2D eigenvalue weighted by Gasteiger charge is 2.14. The number of nitrogens with zero attached hydrogens (tertiary/aromatic N) is 2. The lowest BCUT2D eigenvalue weighted by molar-refractivity contribution is -0.120. The molecule has 0 aliphatic carbocycles. The minimum absolute atomic E-state index is 0.0895. The van der Waals surface area contributed by atoms with Gasteiger partial charge in [0.1, 0.15) is 11.5 Å². The number of amides is 1. The largest absolute Gasteiger partial charge is 0.497 e. The molecule has 1 amide bonds. The Kier molecular flexibility index (Phi) is 7.05. The van der Waals surface area contributed by atoms with Gasteiger partial charge in [-0.2, -0.15) is 5.10 Å². The van der Waals surface area contributed by atoms with E-state index in [4.69, 9.17) is 14.6 Å². The van der Waals surface area contributed by atoms with Gasteiger partial charge in [0.15, 0.2) is 0 Å². The molecule has 0 atom stereocenters. The fourth-order valence-electron chi connectivity index (χ4n) is 3.71. The molecule has 33 heavy (non-hydrogen) atoms. The van der Waals surface area contributed by atoms with Gasteiger partial charge in [-0.05, 0) is 11.6 Å². The molecule has 0 aliphatic heterocycles. The van der Waals surface area contributed by atoms with E-state index in [9.17, 15) is 4.79 Å². The Balaban J connectivity index is 1.50. The fourth-order valence-corrected chi connectivity index (χ4v) is 3.71. The zero-order valence-corrected chi connectivity index (χ0v) is 18.8. The van der Waals surface area contributed by atoms with Crippen LogP contribution < -0.4 is 14.8 Å². The number of methoxy groups -OCH3 is 2. The lowest BCUT2D eigenvalue weighted by Crippen LogP contribution is -2.24. The van der Waals surface area contributed by atoms with Crippen molar-refractivity contribution in [2.75, 3.05) is 14.2 Å². The summed E-state index contributed by atoms with van der Waals surface area (Å²) in [6.07, 6.45) is 2.22. The van der Waals surface area contributed by atoms with Crippen molar-refractivity contribution in [2.45, 2.75) is 19.5 Å². The number of nitrogens with one attached hydrogen (secondary N) is 1. The van der Waals surface area contributed by atoms with Gasteiger partial charge >= 0.3 is 0 Å². The number of carbonyl (C=O) groups excluding carboxylic acids is 1. The van der Waals surface area contributed by atoms with Crippen LogP contribution in [0.15, 0.2) is 85.1 Å². The SMILES string of the molecule is COc1ccc(CC(=O)NCc2cn(Cc3ccccc3)nc2-c2ccccc2)c(OC)c1. The monoisotopic (exact) mass is 441 g/mol. The van der Waals surface area contributed by atoms with Gasteiger partial charge in [0.25, 0.3) is 0 Å². The lowest BCUT2D eigenvalue weighted by atomic mass is 10.1. The molecule has 0 unspecified atom stereocenters. The molecule has 0 spiro atoms. The molecular formula is C27H27N3O3. The van der Waals surface area contributed by atoms with E-state index in [1.807, 2.05) is 71.5 Å². The summed E-state index contributed by atoms with van der Waals surface area (Å²) in [6.45, 7) is 1.05. The van der Waals surface area contributed by atoms with Crippen molar-refractivity contribution in [3.8, 4) is 22.8 Å². The number of benzene rings is 3.